The lowest BCUT2D eigenvalue weighted by Crippen LogP contribution is -2.33. The van der Waals surface area contributed by atoms with Gasteiger partial charge in [0, 0.05) is 30.9 Å². The van der Waals surface area contributed by atoms with E-state index in [1.807, 2.05) is 30.3 Å². The van der Waals surface area contributed by atoms with Crippen LogP contribution in [-0.2, 0) is 9.59 Å². The zero-order valence-corrected chi connectivity index (χ0v) is 15.0. The van der Waals surface area contributed by atoms with Crippen LogP contribution in [0.4, 0.5) is 11.4 Å². The number of aryl methyl sites for hydroxylation is 1. The van der Waals surface area contributed by atoms with Gasteiger partial charge in [0.25, 0.3) is 5.69 Å². The van der Waals surface area contributed by atoms with Crippen LogP contribution in [0.15, 0.2) is 48.7 Å². The van der Waals surface area contributed by atoms with Crippen molar-refractivity contribution in [3.8, 4) is 0 Å². The predicted octanol–water partition coefficient (Wildman–Crippen LogP) is 3.81. The standard InChI is InChI=1S/C20H19N3O4/c1-13-11-16(23(26)27)7-8-18(13)21-20(25)12-19-17-6-4-3-5-15(17)9-10-22(19)14(2)24/h3-11,19H,12H2,1-2H3,(H,21,25). The number of rotatable bonds is 4. The van der Waals surface area contributed by atoms with Crippen molar-refractivity contribution >= 4 is 29.3 Å². The van der Waals surface area contributed by atoms with E-state index in [-0.39, 0.29) is 23.9 Å². The van der Waals surface area contributed by atoms with Gasteiger partial charge in [-0.15, -0.1) is 0 Å². The predicted molar refractivity (Wildman–Crippen MR) is 102 cm³/mol. The number of hydrogen-bond acceptors (Lipinski definition) is 4. The molecule has 1 aliphatic rings. The molecule has 3 rings (SSSR count). The molecule has 0 aliphatic carbocycles. The van der Waals surface area contributed by atoms with Gasteiger partial charge in [0.1, 0.15) is 0 Å². The highest BCUT2D eigenvalue weighted by atomic mass is 16.6. The SMILES string of the molecule is CC(=O)N1C=Cc2ccccc2C1CC(=O)Nc1ccc([N+](=O)[O-])cc1C. The third-order valence-electron chi connectivity index (χ3n) is 4.54. The Hall–Kier alpha value is -3.48. The molecule has 0 saturated carbocycles. The summed E-state index contributed by atoms with van der Waals surface area (Å²) in [5.74, 6) is -0.418. The second-order valence-electron chi connectivity index (χ2n) is 6.40. The molecule has 138 valence electrons. The van der Waals surface area contributed by atoms with Crippen molar-refractivity contribution in [1.29, 1.82) is 0 Å². The third kappa shape index (κ3) is 3.87. The fraction of sp³-hybridized carbons (Fsp3) is 0.200. The summed E-state index contributed by atoms with van der Waals surface area (Å²) in [6, 6.07) is 11.5. The van der Waals surface area contributed by atoms with Crippen molar-refractivity contribution in [3.63, 3.8) is 0 Å². The summed E-state index contributed by atoms with van der Waals surface area (Å²) in [5, 5.41) is 13.6. The summed E-state index contributed by atoms with van der Waals surface area (Å²) in [4.78, 5) is 36.5. The van der Waals surface area contributed by atoms with E-state index < -0.39 is 11.0 Å². The van der Waals surface area contributed by atoms with Crippen LogP contribution >= 0.6 is 0 Å². The van der Waals surface area contributed by atoms with Crippen molar-refractivity contribution in [2.45, 2.75) is 26.3 Å². The maximum atomic E-state index is 12.6. The van der Waals surface area contributed by atoms with Gasteiger partial charge < -0.3 is 10.2 Å². The van der Waals surface area contributed by atoms with Crippen LogP contribution < -0.4 is 5.32 Å². The zero-order valence-electron chi connectivity index (χ0n) is 15.0. The van der Waals surface area contributed by atoms with Gasteiger partial charge >= 0.3 is 0 Å². The molecule has 0 bridgehead atoms. The molecule has 2 aromatic carbocycles. The number of nitro groups is 1. The number of nitrogens with zero attached hydrogens (tertiary/aromatic N) is 2. The second kappa shape index (κ2) is 7.41. The van der Waals surface area contributed by atoms with Crippen LogP contribution in [0.5, 0.6) is 0 Å². The van der Waals surface area contributed by atoms with E-state index in [0.717, 1.165) is 11.1 Å². The quantitative estimate of drug-likeness (QED) is 0.659. The van der Waals surface area contributed by atoms with Crippen molar-refractivity contribution in [2.24, 2.45) is 0 Å². The first-order chi connectivity index (χ1) is 12.9. The minimum atomic E-state index is -0.478. The smallest absolute Gasteiger partial charge is 0.269 e. The molecule has 1 unspecified atom stereocenters. The number of nitro benzene ring substituents is 1. The lowest BCUT2D eigenvalue weighted by atomic mass is 9.93. The number of benzene rings is 2. The van der Waals surface area contributed by atoms with E-state index in [1.165, 1.54) is 25.1 Å². The number of fused-ring (bicyclic) bond motifs is 1. The first kappa shape index (κ1) is 18.3. The molecule has 1 atom stereocenters. The fourth-order valence-corrected chi connectivity index (χ4v) is 3.19. The summed E-state index contributed by atoms with van der Waals surface area (Å²) in [7, 11) is 0. The summed E-state index contributed by atoms with van der Waals surface area (Å²) >= 11 is 0. The van der Waals surface area contributed by atoms with Crippen LogP contribution in [0.1, 0.15) is 36.1 Å². The van der Waals surface area contributed by atoms with Crippen LogP contribution in [0, 0.1) is 17.0 Å². The number of hydrogen-bond donors (Lipinski definition) is 1. The van der Waals surface area contributed by atoms with Crippen molar-refractivity contribution in [1.82, 2.24) is 4.90 Å². The molecule has 0 radical (unpaired) electrons. The Morgan fingerprint density at radius 3 is 2.63 bits per heavy atom. The van der Waals surface area contributed by atoms with E-state index in [4.69, 9.17) is 0 Å². The fourth-order valence-electron chi connectivity index (χ4n) is 3.19. The summed E-state index contributed by atoms with van der Waals surface area (Å²) in [6.07, 6.45) is 3.63. The molecule has 2 aromatic rings. The number of carbonyl (C=O) groups excluding carboxylic acids is 2. The minimum Gasteiger partial charge on any atom is -0.326 e. The Kier molecular flexibility index (Phi) is 5.03. The molecule has 7 nitrogen and oxygen atoms in total. The third-order valence-corrected chi connectivity index (χ3v) is 4.54. The lowest BCUT2D eigenvalue weighted by Gasteiger charge is -2.32. The number of carbonyl (C=O) groups is 2. The maximum absolute atomic E-state index is 12.6. The van der Waals surface area contributed by atoms with Gasteiger partial charge in [-0.25, -0.2) is 0 Å². The van der Waals surface area contributed by atoms with Crippen LogP contribution in [-0.4, -0.2) is 21.6 Å². The first-order valence-corrected chi connectivity index (χ1v) is 8.47. The van der Waals surface area contributed by atoms with Gasteiger partial charge in [-0.3, -0.25) is 19.7 Å². The van der Waals surface area contributed by atoms with Crippen LogP contribution in [0.2, 0.25) is 0 Å². The van der Waals surface area contributed by atoms with Gasteiger partial charge in [-0.1, -0.05) is 24.3 Å². The number of nitrogens with one attached hydrogen (secondary N) is 1. The highest BCUT2D eigenvalue weighted by molar-refractivity contribution is 5.93. The summed E-state index contributed by atoms with van der Waals surface area (Å²) in [5.41, 5.74) is 2.97. The Balaban J connectivity index is 1.81. The van der Waals surface area contributed by atoms with E-state index in [2.05, 4.69) is 5.32 Å². The first-order valence-electron chi connectivity index (χ1n) is 8.47. The van der Waals surface area contributed by atoms with Crippen molar-refractivity contribution < 1.29 is 14.5 Å². The molecule has 0 spiro atoms. The van der Waals surface area contributed by atoms with Crippen molar-refractivity contribution in [3.05, 3.63) is 75.5 Å². The largest absolute Gasteiger partial charge is 0.326 e. The molecule has 0 saturated heterocycles. The number of anilines is 1. The monoisotopic (exact) mass is 365 g/mol. The molecule has 1 N–H and O–H groups in total. The van der Waals surface area contributed by atoms with E-state index >= 15 is 0 Å². The summed E-state index contributed by atoms with van der Waals surface area (Å²) < 4.78 is 0. The number of non-ortho nitro benzene ring substituents is 1. The van der Waals surface area contributed by atoms with E-state index in [0.29, 0.717) is 11.3 Å². The van der Waals surface area contributed by atoms with Gasteiger partial charge in [-0.05, 0) is 35.8 Å². The Morgan fingerprint density at radius 2 is 1.96 bits per heavy atom. The zero-order chi connectivity index (χ0) is 19.6. The van der Waals surface area contributed by atoms with Crippen LogP contribution in [0.3, 0.4) is 0 Å². The van der Waals surface area contributed by atoms with Gasteiger partial charge in [0.2, 0.25) is 11.8 Å². The average Bonchev–Trinajstić information content (AvgIpc) is 2.63. The Bertz CT molecular complexity index is 952. The molecule has 1 aliphatic heterocycles. The molecule has 2 amide bonds. The Labute approximate surface area is 156 Å². The van der Waals surface area contributed by atoms with Crippen LogP contribution in [0.25, 0.3) is 6.08 Å². The van der Waals surface area contributed by atoms with Crippen molar-refractivity contribution in [2.75, 3.05) is 5.32 Å². The highest BCUT2D eigenvalue weighted by Gasteiger charge is 2.28. The van der Waals surface area contributed by atoms with Gasteiger partial charge in [0.15, 0.2) is 0 Å². The highest BCUT2D eigenvalue weighted by Crippen LogP contribution is 2.33. The average molecular weight is 365 g/mol. The van der Waals surface area contributed by atoms with Gasteiger partial charge in [0.05, 0.1) is 17.4 Å². The molecule has 0 fully saturated rings. The topological polar surface area (TPSA) is 92.6 Å². The van der Waals surface area contributed by atoms with E-state index in [9.17, 15) is 19.7 Å². The molecular weight excluding hydrogens is 346 g/mol. The Morgan fingerprint density at radius 1 is 1.22 bits per heavy atom. The normalized spacial score (nSPS) is 15.2. The molecule has 0 aromatic heterocycles. The van der Waals surface area contributed by atoms with E-state index in [1.54, 1.807) is 18.0 Å². The number of amides is 2. The van der Waals surface area contributed by atoms with Gasteiger partial charge in [-0.2, -0.15) is 0 Å². The molecular formula is C20H19N3O4. The lowest BCUT2D eigenvalue weighted by molar-refractivity contribution is -0.384. The second-order valence-corrected chi connectivity index (χ2v) is 6.40. The minimum absolute atomic E-state index is 0.0281. The molecule has 7 heteroatoms. The summed E-state index contributed by atoms with van der Waals surface area (Å²) in [6.45, 7) is 3.16. The molecule has 27 heavy (non-hydrogen) atoms. The molecule has 1 heterocycles. The maximum Gasteiger partial charge on any atom is 0.269 e.